The maximum atomic E-state index is 11.0. The molecule has 102 valence electrons. The van der Waals surface area contributed by atoms with Crippen molar-refractivity contribution >= 4 is 28.5 Å². The van der Waals surface area contributed by atoms with Crippen LogP contribution in [0.5, 0.6) is 0 Å². The van der Waals surface area contributed by atoms with Crippen LogP contribution in [-0.2, 0) is 14.1 Å². The van der Waals surface area contributed by atoms with Gasteiger partial charge in [0.25, 0.3) is 0 Å². The summed E-state index contributed by atoms with van der Waals surface area (Å²) in [5.41, 5.74) is 2.68. The molecule has 3 rings (SSSR count). The van der Waals surface area contributed by atoms with E-state index in [9.17, 15) is 4.79 Å². The average molecular weight is 290 g/mol. The third-order valence-corrected chi connectivity index (χ3v) is 3.64. The van der Waals surface area contributed by atoms with E-state index in [2.05, 4.69) is 5.10 Å². The third kappa shape index (κ3) is 1.87. The maximum absolute atomic E-state index is 11.0. The summed E-state index contributed by atoms with van der Waals surface area (Å²) in [6.07, 6.45) is 1.85. The summed E-state index contributed by atoms with van der Waals surface area (Å²) in [6.45, 7) is 0. The molecule has 0 aliphatic heterocycles. The van der Waals surface area contributed by atoms with Gasteiger partial charge in [-0.15, -0.1) is 0 Å². The van der Waals surface area contributed by atoms with Crippen LogP contribution in [0.4, 0.5) is 0 Å². The van der Waals surface area contributed by atoms with E-state index in [1.165, 1.54) is 0 Å². The lowest BCUT2D eigenvalue weighted by atomic mass is 10.1. The van der Waals surface area contributed by atoms with Crippen LogP contribution in [-0.4, -0.2) is 25.4 Å². The molecule has 0 atom stereocenters. The molecule has 6 heteroatoms. The van der Waals surface area contributed by atoms with Crippen molar-refractivity contribution in [3.05, 3.63) is 41.2 Å². The molecule has 3 aromatic rings. The fraction of sp³-hybridized carbons (Fsp3) is 0.143. The Morgan fingerprint density at radius 1 is 1.30 bits per heavy atom. The molecule has 2 heterocycles. The Morgan fingerprint density at radius 3 is 2.70 bits per heavy atom. The van der Waals surface area contributed by atoms with Crippen LogP contribution in [0.3, 0.4) is 0 Å². The number of nitrogens with zero attached hydrogens (tertiary/aromatic N) is 3. The van der Waals surface area contributed by atoms with Crippen molar-refractivity contribution in [1.82, 2.24) is 14.3 Å². The van der Waals surface area contributed by atoms with Crippen LogP contribution >= 0.6 is 11.6 Å². The summed E-state index contributed by atoms with van der Waals surface area (Å²) in [4.78, 5) is 11.0. The lowest BCUT2D eigenvalue weighted by Gasteiger charge is -2.03. The van der Waals surface area contributed by atoms with Gasteiger partial charge in [-0.3, -0.25) is 4.68 Å². The summed E-state index contributed by atoms with van der Waals surface area (Å²) < 4.78 is 3.50. The van der Waals surface area contributed by atoms with Gasteiger partial charge in [-0.05, 0) is 12.1 Å². The molecular weight excluding hydrogens is 278 g/mol. The van der Waals surface area contributed by atoms with Crippen molar-refractivity contribution in [1.29, 1.82) is 0 Å². The smallest absolute Gasteiger partial charge is 0.356 e. The summed E-state index contributed by atoms with van der Waals surface area (Å²) in [7, 11) is 3.65. The SMILES string of the molecule is Cn1nc(C(=O)O)cc1-c1ccc2c(Cl)cn(C)c2c1. The molecule has 1 N–H and O–H groups in total. The zero-order chi connectivity index (χ0) is 14.4. The van der Waals surface area contributed by atoms with E-state index in [0.717, 1.165) is 22.2 Å². The number of halogens is 1. The lowest BCUT2D eigenvalue weighted by Crippen LogP contribution is -1.99. The number of hydrogen-bond acceptors (Lipinski definition) is 2. The zero-order valence-corrected chi connectivity index (χ0v) is 11.7. The number of rotatable bonds is 2. The fourth-order valence-corrected chi connectivity index (χ4v) is 2.64. The van der Waals surface area contributed by atoms with Crippen molar-refractivity contribution in [3.8, 4) is 11.3 Å². The number of aryl methyl sites for hydroxylation is 2. The minimum Gasteiger partial charge on any atom is -0.476 e. The first-order chi connectivity index (χ1) is 9.47. The number of carboxylic acids is 1. The predicted octanol–water partition coefficient (Wildman–Crippen LogP) is 2.93. The van der Waals surface area contributed by atoms with Gasteiger partial charge in [0.2, 0.25) is 0 Å². The van der Waals surface area contributed by atoms with Crippen LogP contribution in [0, 0.1) is 0 Å². The monoisotopic (exact) mass is 289 g/mol. The van der Waals surface area contributed by atoms with Gasteiger partial charge in [0.1, 0.15) is 0 Å². The van der Waals surface area contributed by atoms with E-state index in [-0.39, 0.29) is 5.69 Å². The molecule has 1 aromatic carbocycles. The Labute approximate surface area is 120 Å². The van der Waals surface area contributed by atoms with E-state index < -0.39 is 5.97 Å². The Kier molecular flexibility index (Phi) is 2.79. The molecule has 20 heavy (non-hydrogen) atoms. The number of hydrogen-bond donors (Lipinski definition) is 1. The molecule has 0 bridgehead atoms. The number of aromatic carboxylic acids is 1. The molecule has 0 saturated carbocycles. The Balaban J connectivity index is 2.19. The topological polar surface area (TPSA) is 60.1 Å². The zero-order valence-electron chi connectivity index (χ0n) is 11.0. The van der Waals surface area contributed by atoms with Crippen LogP contribution in [0.15, 0.2) is 30.5 Å². The molecule has 5 nitrogen and oxygen atoms in total. The first-order valence-corrected chi connectivity index (χ1v) is 6.37. The van der Waals surface area contributed by atoms with E-state index in [1.807, 2.05) is 36.0 Å². The van der Waals surface area contributed by atoms with Gasteiger partial charge in [0.05, 0.1) is 10.7 Å². The van der Waals surface area contributed by atoms with Crippen LogP contribution in [0.1, 0.15) is 10.5 Å². The number of fused-ring (bicyclic) bond motifs is 1. The minimum atomic E-state index is -1.03. The lowest BCUT2D eigenvalue weighted by molar-refractivity contribution is 0.0689. The molecule has 0 aliphatic rings. The first kappa shape index (κ1) is 12.7. The van der Waals surface area contributed by atoms with Crippen molar-refractivity contribution in [2.24, 2.45) is 14.1 Å². The molecule has 2 aromatic heterocycles. The highest BCUT2D eigenvalue weighted by molar-refractivity contribution is 6.35. The summed E-state index contributed by atoms with van der Waals surface area (Å²) in [5.74, 6) is -1.03. The number of aromatic nitrogens is 3. The van der Waals surface area contributed by atoms with Crippen LogP contribution in [0.25, 0.3) is 22.2 Å². The Morgan fingerprint density at radius 2 is 2.05 bits per heavy atom. The second kappa shape index (κ2) is 4.38. The summed E-state index contributed by atoms with van der Waals surface area (Å²) in [6, 6.07) is 7.38. The second-order valence-corrected chi connectivity index (χ2v) is 5.07. The van der Waals surface area contributed by atoms with Crippen LogP contribution < -0.4 is 0 Å². The Hall–Kier alpha value is -2.27. The van der Waals surface area contributed by atoms with Crippen molar-refractivity contribution in [2.45, 2.75) is 0 Å². The molecule has 0 spiro atoms. The van der Waals surface area contributed by atoms with Gasteiger partial charge in [0, 0.05) is 36.8 Å². The molecule has 0 aliphatic carbocycles. The van der Waals surface area contributed by atoms with E-state index in [0.29, 0.717) is 5.02 Å². The highest BCUT2D eigenvalue weighted by atomic mass is 35.5. The highest BCUT2D eigenvalue weighted by Gasteiger charge is 2.14. The number of carbonyl (C=O) groups is 1. The van der Waals surface area contributed by atoms with Gasteiger partial charge in [-0.25, -0.2) is 4.79 Å². The molecule has 0 fully saturated rings. The van der Waals surface area contributed by atoms with Crippen molar-refractivity contribution < 1.29 is 9.90 Å². The van der Waals surface area contributed by atoms with E-state index >= 15 is 0 Å². The third-order valence-electron chi connectivity index (χ3n) is 3.34. The summed E-state index contributed by atoms with van der Waals surface area (Å²) >= 11 is 6.14. The van der Waals surface area contributed by atoms with Crippen molar-refractivity contribution in [2.75, 3.05) is 0 Å². The number of benzene rings is 1. The molecule has 0 unspecified atom stereocenters. The van der Waals surface area contributed by atoms with Crippen molar-refractivity contribution in [3.63, 3.8) is 0 Å². The largest absolute Gasteiger partial charge is 0.476 e. The average Bonchev–Trinajstić information content (AvgIpc) is 2.91. The van der Waals surface area contributed by atoms with Crippen LogP contribution in [0.2, 0.25) is 5.02 Å². The van der Waals surface area contributed by atoms with E-state index in [1.54, 1.807) is 17.8 Å². The fourth-order valence-electron chi connectivity index (χ4n) is 2.34. The van der Waals surface area contributed by atoms with E-state index in [4.69, 9.17) is 16.7 Å². The highest BCUT2D eigenvalue weighted by Crippen LogP contribution is 2.29. The summed E-state index contributed by atoms with van der Waals surface area (Å²) in [5, 5.41) is 14.6. The molecular formula is C14H12ClN3O2. The van der Waals surface area contributed by atoms with Gasteiger partial charge in [-0.1, -0.05) is 23.7 Å². The second-order valence-electron chi connectivity index (χ2n) is 4.66. The van der Waals surface area contributed by atoms with Gasteiger partial charge < -0.3 is 9.67 Å². The predicted molar refractivity (Wildman–Crippen MR) is 77.1 cm³/mol. The van der Waals surface area contributed by atoms with Gasteiger partial charge in [-0.2, -0.15) is 5.10 Å². The molecule has 0 radical (unpaired) electrons. The quantitative estimate of drug-likeness (QED) is 0.789. The normalized spacial score (nSPS) is 11.2. The van der Waals surface area contributed by atoms with Gasteiger partial charge in [0.15, 0.2) is 5.69 Å². The standard InChI is InChI=1S/C14H12ClN3O2/c1-17-7-10(15)9-4-3-8(5-13(9)17)12-6-11(14(19)20)16-18(12)2/h3-7H,1-2H3,(H,19,20). The number of carboxylic acid groups (broad SMARTS) is 1. The minimum absolute atomic E-state index is 0.0347. The van der Waals surface area contributed by atoms with Gasteiger partial charge >= 0.3 is 5.97 Å². The molecule has 0 amide bonds. The maximum Gasteiger partial charge on any atom is 0.356 e. The first-order valence-electron chi connectivity index (χ1n) is 5.99. The Bertz CT molecular complexity index is 832. The molecule has 0 saturated heterocycles.